The van der Waals surface area contributed by atoms with Crippen molar-refractivity contribution in [2.75, 3.05) is 9.80 Å². The summed E-state index contributed by atoms with van der Waals surface area (Å²) in [5, 5.41) is 10.4. The summed E-state index contributed by atoms with van der Waals surface area (Å²) in [5.74, 6) is 0.968. The number of fused-ring (bicyclic) bond motifs is 10. The number of hydrogen-bond acceptors (Lipinski definition) is 2. The number of rotatable bonds is 13. The molecule has 2 aromatic heterocycles. The Morgan fingerprint density at radius 3 is 1.34 bits per heavy atom. The highest BCUT2D eigenvalue weighted by atomic mass is 28.3. The normalized spacial score (nSPS) is 17.5. The maximum absolute atomic E-state index is 3.04. The van der Waals surface area contributed by atoms with Gasteiger partial charge in [0.15, 0.2) is 8.07 Å². The molecule has 21 rings (SSSR count). The van der Waals surface area contributed by atoms with Gasteiger partial charge in [0, 0.05) is 72.7 Å². The van der Waals surface area contributed by atoms with E-state index in [2.05, 4.69) is 418 Å². The quantitative estimate of drug-likeness (QED) is 0.0650. The van der Waals surface area contributed by atoms with Crippen molar-refractivity contribution in [2.45, 2.75) is 104 Å². The Hall–Kier alpha value is -12.2. The van der Waals surface area contributed by atoms with E-state index in [-0.39, 0.29) is 29.5 Å². The van der Waals surface area contributed by atoms with Crippen molar-refractivity contribution in [3.63, 3.8) is 0 Å². The fourth-order valence-electron chi connectivity index (χ4n) is 21.3. The van der Waals surface area contributed by atoms with Crippen molar-refractivity contribution in [1.82, 2.24) is 9.13 Å². The summed E-state index contributed by atoms with van der Waals surface area (Å²) in [5.41, 5.74) is 28.7. The summed E-state index contributed by atoms with van der Waals surface area (Å²) in [6.45, 7) is 14.5. The molecular formula is C110H97BN4Si. The first-order valence-corrected chi connectivity index (χ1v) is 44.5. The van der Waals surface area contributed by atoms with E-state index in [1.165, 1.54) is 161 Å². The van der Waals surface area contributed by atoms with Crippen molar-refractivity contribution in [2.24, 2.45) is 23.2 Å². The first kappa shape index (κ1) is 71.6. The number of para-hydroxylation sites is 4. The molecule has 0 saturated heterocycles. The van der Waals surface area contributed by atoms with Gasteiger partial charge >= 0.3 is 0 Å². The van der Waals surface area contributed by atoms with Gasteiger partial charge < -0.3 is 18.9 Å². The molecule has 4 unspecified atom stereocenters. The Morgan fingerprint density at radius 2 is 0.862 bits per heavy atom. The number of allylic oxidation sites excluding steroid dienone is 4. The van der Waals surface area contributed by atoms with Gasteiger partial charge in [-0.05, 0) is 217 Å². The minimum atomic E-state index is -2.96. The van der Waals surface area contributed by atoms with E-state index in [0.29, 0.717) is 11.8 Å². The highest BCUT2D eigenvalue weighted by Gasteiger charge is 2.51. The van der Waals surface area contributed by atoms with Crippen LogP contribution in [-0.4, -0.2) is 30.0 Å². The van der Waals surface area contributed by atoms with Gasteiger partial charge in [0.2, 0.25) is 0 Å². The summed E-state index contributed by atoms with van der Waals surface area (Å²) >= 11 is 0. The lowest BCUT2D eigenvalue weighted by atomic mass is 9.33. The van der Waals surface area contributed by atoms with E-state index in [1.54, 1.807) is 11.1 Å². The zero-order valence-electron chi connectivity index (χ0n) is 67.4. The molecule has 3 aliphatic carbocycles. The molecule has 2 aliphatic heterocycles. The summed E-state index contributed by atoms with van der Waals surface area (Å²) in [7, 11) is -2.96. The SMILES string of the molecule is CC(C)(C)c1cc(-c2ccccc2)c(N2c3cc(-n4c5ccccc5c5ccccc54)ccc3B3c4ccc(-n5c6ccccc6c6ccccc65)cc4N(C4C(C5CC=CCC5)=CC(C(C)(C)C)CC4C4=CCCCC4)c4cc(-c5ccc([Si](c6ccccc6)(c6ccccc6)c6ccccc6)cc5)cc2c43)c(-c2ccccc2)c1. The predicted octanol–water partition coefficient (Wildman–Crippen LogP) is 24.1. The van der Waals surface area contributed by atoms with E-state index >= 15 is 0 Å². The fourth-order valence-corrected chi connectivity index (χ4v) is 26.1. The van der Waals surface area contributed by atoms with Crippen LogP contribution < -0.4 is 46.9 Å². The molecule has 0 N–H and O–H groups in total. The Balaban J connectivity index is 0.929. The molecule has 6 heteroatoms. The largest absolute Gasteiger partial charge is 0.334 e. The lowest BCUT2D eigenvalue weighted by molar-refractivity contribution is 0.220. The van der Waals surface area contributed by atoms with Crippen LogP contribution in [0.25, 0.3) is 88.4 Å². The smallest absolute Gasteiger partial charge is 0.252 e. The Bertz CT molecular complexity index is 6310. The highest BCUT2D eigenvalue weighted by Crippen LogP contribution is 2.56. The molecule has 0 spiro atoms. The van der Waals surface area contributed by atoms with E-state index < -0.39 is 8.07 Å². The zero-order chi connectivity index (χ0) is 78.0. The van der Waals surface area contributed by atoms with Crippen LogP contribution in [-0.2, 0) is 5.41 Å². The second kappa shape index (κ2) is 28.6. The minimum Gasteiger partial charge on any atom is -0.334 e. The van der Waals surface area contributed by atoms with Crippen molar-refractivity contribution in [3.8, 4) is 44.8 Å². The number of hydrogen-bond donors (Lipinski definition) is 0. The molecular weight excluding hydrogens is 1420 g/mol. The predicted molar refractivity (Wildman–Crippen MR) is 498 cm³/mol. The Kier molecular flexibility index (Phi) is 17.7. The maximum atomic E-state index is 3.04. The summed E-state index contributed by atoms with van der Waals surface area (Å²) in [4.78, 5) is 5.85. The van der Waals surface area contributed by atoms with Crippen LogP contribution in [0.3, 0.4) is 0 Å². The molecule has 0 radical (unpaired) electrons. The van der Waals surface area contributed by atoms with E-state index in [4.69, 9.17) is 0 Å². The molecule has 16 aromatic rings. The second-order valence-electron chi connectivity index (χ2n) is 35.6. The molecule has 0 bridgehead atoms. The fraction of sp³-hybridized carbons (Fsp3) is 0.182. The standard InChI is InChI=1S/C110H97BN4Si/c1-109(2,3)80-68-92(75-36-14-7-15-37-75)107(93(69-80)76-38-16-8-17-39-76)114-102-72-82(112-98-54-32-28-50-88(98)89-51-29-33-55-99(89)112)60-64-96(102)111-97-65-61-83(113-100-56-34-30-52-90(100)91-53-31-35-57-101(91)113)73-103(97)115(108-94(77-40-18-9-19-41-77)70-81(110(4,5)6)71-95(108)78-42-20-10-21-43-78)105-67-79(66-104(114)106(105)111)74-58-62-87(63-59-74)116(84-44-22-11-23-45-84,85-46-24-12-25-47-85)86-48-26-13-27-49-86/h7-9,11-18,22-39,42,44-70,72-73,77,81,95,108H,10,19-21,40-41,43,71H2,1-6H3. The summed E-state index contributed by atoms with van der Waals surface area (Å²) < 4.78 is 5.12. The third-order valence-electron chi connectivity index (χ3n) is 27.0. The maximum Gasteiger partial charge on any atom is 0.252 e. The second-order valence-corrected chi connectivity index (χ2v) is 39.4. The number of benzene rings is 14. The van der Waals surface area contributed by atoms with Crippen LogP contribution in [0, 0.1) is 23.2 Å². The van der Waals surface area contributed by atoms with Crippen molar-refractivity contribution >= 4 is 124 Å². The van der Waals surface area contributed by atoms with Crippen LogP contribution in [0.15, 0.2) is 369 Å². The first-order chi connectivity index (χ1) is 56.8. The third kappa shape index (κ3) is 11.8. The van der Waals surface area contributed by atoms with E-state index in [9.17, 15) is 0 Å². The average Bonchev–Trinajstić information content (AvgIpc) is 0.966. The van der Waals surface area contributed by atoms with E-state index in [1.807, 2.05) is 0 Å². The monoisotopic (exact) mass is 1510 g/mol. The molecule has 4 heterocycles. The number of anilines is 5. The molecule has 116 heavy (non-hydrogen) atoms. The van der Waals surface area contributed by atoms with Crippen LogP contribution in [0.1, 0.15) is 98.5 Å². The van der Waals surface area contributed by atoms with Crippen molar-refractivity contribution < 1.29 is 0 Å². The van der Waals surface area contributed by atoms with Crippen LogP contribution in [0.5, 0.6) is 0 Å². The van der Waals surface area contributed by atoms with E-state index in [0.717, 1.165) is 49.9 Å². The third-order valence-corrected chi connectivity index (χ3v) is 31.7. The molecule has 564 valence electrons. The number of nitrogens with zero attached hydrogens (tertiary/aromatic N) is 4. The van der Waals surface area contributed by atoms with Crippen molar-refractivity contribution in [1.29, 1.82) is 0 Å². The molecule has 0 fully saturated rings. The van der Waals surface area contributed by atoms with Gasteiger partial charge in [-0.15, -0.1) is 0 Å². The van der Waals surface area contributed by atoms with Crippen LogP contribution >= 0.6 is 0 Å². The van der Waals surface area contributed by atoms with Crippen molar-refractivity contribution in [3.05, 3.63) is 375 Å². The Morgan fingerprint density at radius 1 is 0.397 bits per heavy atom. The summed E-state index contributed by atoms with van der Waals surface area (Å²) in [6, 6.07) is 129. The lowest BCUT2D eigenvalue weighted by Crippen LogP contribution is -2.74. The molecule has 14 aromatic carbocycles. The average molecular weight is 1510 g/mol. The van der Waals surface area contributed by atoms with Crippen LogP contribution in [0.2, 0.25) is 0 Å². The van der Waals surface area contributed by atoms with Gasteiger partial charge in [-0.3, -0.25) is 0 Å². The van der Waals surface area contributed by atoms with Gasteiger partial charge in [-0.1, -0.05) is 332 Å². The minimum absolute atomic E-state index is 0.0168. The molecule has 4 atom stereocenters. The molecule has 4 nitrogen and oxygen atoms in total. The van der Waals surface area contributed by atoms with Gasteiger partial charge in [0.25, 0.3) is 6.71 Å². The first-order valence-electron chi connectivity index (χ1n) is 42.5. The molecule has 0 saturated carbocycles. The zero-order valence-corrected chi connectivity index (χ0v) is 68.4. The van der Waals surface area contributed by atoms with Gasteiger partial charge in [0.05, 0.1) is 33.8 Å². The van der Waals surface area contributed by atoms with Gasteiger partial charge in [-0.2, -0.15) is 0 Å². The topological polar surface area (TPSA) is 16.3 Å². The summed E-state index contributed by atoms with van der Waals surface area (Å²) in [6.07, 6.45) is 19.6. The highest BCUT2D eigenvalue weighted by molar-refractivity contribution is 7.20. The van der Waals surface area contributed by atoms with Crippen LogP contribution in [0.4, 0.5) is 28.4 Å². The van der Waals surface area contributed by atoms with Gasteiger partial charge in [-0.25, -0.2) is 0 Å². The molecule has 5 aliphatic rings. The number of aromatic nitrogens is 2. The van der Waals surface area contributed by atoms with Gasteiger partial charge in [0.1, 0.15) is 0 Å². The Labute approximate surface area is 685 Å². The lowest BCUT2D eigenvalue weighted by Gasteiger charge is -2.53. The molecule has 0 amide bonds.